The fourth-order valence-electron chi connectivity index (χ4n) is 1.76. The molecule has 1 amide bonds. The van der Waals surface area contributed by atoms with Crippen LogP contribution < -0.4 is 0 Å². The first-order chi connectivity index (χ1) is 9.29. The molecular weight excluding hydrogens is 307 g/mol. The van der Waals surface area contributed by atoms with Crippen molar-refractivity contribution < 1.29 is 18.0 Å². The van der Waals surface area contributed by atoms with Crippen molar-refractivity contribution >= 4 is 39.8 Å². The molecule has 0 aliphatic carbocycles. The highest BCUT2D eigenvalue weighted by atomic mass is 32.2. The monoisotopic (exact) mass is 317 g/mol. The van der Waals surface area contributed by atoms with Crippen molar-refractivity contribution in [2.24, 2.45) is 0 Å². The van der Waals surface area contributed by atoms with Gasteiger partial charge in [-0.1, -0.05) is 54.3 Å². The van der Waals surface area contributed by atoms with Crippen molar-refractivity contribution in [3.05, 3.63) is 40.8 Å². The maximum atomic E-state index is 12.4. The molecule has 1 aromatic carbocycles. The van der Waals surface area contributed by atoms with Crippen molar-refractivity contribution in [2.45, 2.75) is 13.1 Å². The van der Waals surface area contributed by atoms with Gasteiger partial charge in [-0.25, -0.2) is 0 Å². The summed E-state index contributed by atoms with van der Waals surface area (Å²) in [6.07, 6.45) is -4.46. The summed E-state index contributed by atoms with van der Waals surface area (Å²) in [5.41, 5.74) is 1.42. The average molecular weight is 317 g/mol. The van der Waals surface area contributed by atoms with Crippen molar-refractivity contribution in [3.63, 3.8) is 0 Å². The molecule has 1 heterocycles. The molecule has 0 spiro atoms. The molecule has 0 saturated carbocycles. The zero-order valence-corrected chi connectivity index (χ0v) is 12.0. The first-order valence-corrected chi connectivity index (χ1v) is 6.89. The highest BCUT2D eigenvalue weighted by molar-refractivity contribution is 8.26. The molecular formula is C13H10F3NOS2. The number of thioether (sulfide) groups is 1. The number of hydrogen-bond acceptors (Lipinski definition) is 3. The predicted molar refractivity (Wildman–Crippen MR) is 77.0 cm³/mol. The van der Waals surface area contributed by atoms with Crippen LogP contribution in [0, 0.1) is 0 Å². The Morgan fingerprint density at radius 2 is 1.90 bits per heavy atom. The summed E-state index contributed by atoms with van der Waals surface area (Å²) >= 11 is 5.78. The normalized spacial score (nSPS) is 18.7. The first-order valence-electron chi connectivity index (χ1n) is 5.66. The molecule has 1 aliphatic rings. The molecule has 1 aliphatic heterocycles. The number of carbonyl (C=O) groups is 1. The lowest BCUT2D eigenvalue weighted by atomic mass is 10.1. The van der Waals surface area contributed by atoms with Crippen LogP contribution in [0.15, 0.2) is 35.2 Å². The second kappa shape index (κ2) is 5.57. The summed E-state index contributed by atoms with van der Waals surface area (Å²) < 4.78 is 37.2. The van der Waals surface area contributed by atoms with Crippen LogP contribution in [0.25, 0.3) is 5.57 Å². The van der Waals surface area contributed by atoms with Crippen LogP contribution in [0.5, 0.6) is 0 Å². The van der Waals surface area contributed by atoms with E-state index in [2.05, 4.69) is 0 Å². The second-order valence-electron chi connectivity index (χ2n) is 4.19. The van der Waals surface area contributed by atoms with Gasteiger partial charge in [0.15, 0.2) is 0 Å². The summed E-state index contributed by atoms with van der Waals surface area (Å²) in [6.45, 7) is 0.360. The van der Waals surface area contributed by atoms with E-state index in [-0.39, 0.29) is 9.23 Å². The Morgan fingerprint density at radius 3 is 2.45 bits per heavy atom. The molecule has 2 rings (SSSR count). The zero-order chi connectivity index (χ0) is 14.9. The Labute approximate surface area is 123 Å². The number of carbonyl (C=O) groups excluding carboxylic acids is 1. The van der Waals surface area contributed by atoms with Gasteiger partial charge in [-0.2, -0.15) is 13.2 Å². The summed E-state index contributed by atoms with van der Waals surface area (Å²) in [5, 5.41) is 0. The molecule has 1 aromatic rings. The van der Waals surface area contributed by atoms with Crippen LogP contribution in [0.4, 0.5) is 13.2 Å². The number of alkyl halides is 3. The van der Waals surface area contributed by atoms with E-state index in [1.54, 1.807) is 31.2 Å². The Balaban J connectivity index is 2.32. The molecule has 0 N–H and O–H groups in total. The standard InChI is InChI=1S/C13H10F3NOS2/c1-8(9-5-3-2-4-6-9)10-11(18)17(12(19)20-10)7-13(14,15)16/h2-6H,7H2,1H3. The van der Waals surface area contributed by atoms with Gasteiger partial charge in [-0.15, -0.1) is 0 Å². The molecule has 2 nitrogen and oxygen atoms in total. The fourth-order valence-corrected chi connectivity index (χ4v) is 3.06. The van der Waals surface area contributed by atoms with Crippen LogP contribution in [-0.4, -0.2) is 27.8 Å². The minimum Gasteiger partial charge on any atom is -0.284 e. The van der Waals surface area contributed by atoms with Gasteiger partial charge in [-0.05, 0) is 18.1 Å². The van der Waals surface area contributed by atoms with Crippen LogP contribution in [0.3, 0.4) is 0 Å². The molecule has 0 atom stereocenters. The van der Waals surface area contributed by atoms with E-state index >= 15 is 0 Å². The highest BCUT2D eigenvalue weighted by Crippen LogP contribution is 2.37. The molecule has 20 heavy (non-hydrogen) atoms. The number of nitrogens with zero attached hydrogens (tertiary/aromatic N) is 1. The van der Waals surface area contributed by atoms with Gasteiger partial charge < -0.3 is 0 Å². The van der Waals surface area contributed by atoms with Crippen LogP contribution >= 0.6 is 24.0 Å². The van der Waals surface area contributed by atoms with Crippen molar-refractivity contribution in [1.29, 1.82) is 0 Å². The number of hydrogen-bond donors (Lipinski definition) is 0. The number of halogens is 3. The fraction of sp³-hybridized carbons (Fsp3) is 0.231. The highest BCUT2D eigenvalue weighted by Gasteiger charge is 2.41. The maximum absolute atomic E-state index is 12.4. The van der Waals surface area contributed by atoms with Crippen LogP contribution in [-0.2, 0) is 4.79 Å². The molecule has 0 unspecified atom stereocenters. The van der Waals surface area contributed by atoms with Gasteiger partial charge >= 0.3 is 6.18 Å². The lowest BCUT2D eigenvalue weighted by molar-refractivity contribution is -0.149. The van der Waals surface area contributed by atoms with Crippen LogP contribution in [0.1, 0.15) is 12.5 Å². The Kier molecular flexibility index (Phi) is 4.19. The zero-order valence-electron chi connectivity index (χ0n) is 10.4. The lowest BCUT2D eigenvalue weighted by Gasteiger charge is -2.16. The number of benzene rings is 1. The molecule has 1 fully saturated rings. The number of allylic oxidation sites excluding steroid dienone is 1. The smallest absolute Gasteiger partial charge is 0.284 e. The minimum absolute atomic E-state index is 0.0578. The summed E-state index contributed by atoms with van der Waals surface area (Å²) in [6, 6.07) is 9.02. The van der Waals surface area contributed by atoms with E-state index in [1.165, 1.54) is 0 Å². The van der Waals surface area contributed by atoms with Crippen LogP contribution in [0.2, 0.25) is 0 Å². The number of rotatable bonds is 2. The quantitative estimate of drug-likeness (QED) is 0.610. The van der Waals surface area contributed by atoms with E-state index in [0.717, 1.165) is 17.3 Å². The molecule has 7 heteroatoms. The third-order valence-corrected chi connectivity index (χ3v) is 4.28. The van der Waals surface area contributed by atoms with E-state index < -0.39 is 18.6 Å². The van der Waals surface area contributed by atoms with Gasteiger partial charge in [0.25, 0.3) is 5.91 Å². The summed E-state index contributed by atoms with van der Waals surface area (Å²) in [4.78, 5) is 12.9. The topological polar surface area (TPSA) is 20.3 Å². The first kappa shape index (κ1) is 15.1. The Bertz CT molecular complexity index is 581. The maximum Gasteiger partial charge on any atom is 0.406 e. The van der Waals surface area contributed by atoms with E-state index in [0.29, 0.717) is 10.5 Å². The molecule has 106 valence electrons. The summed E-state index contributed by atoms with van der Waals surface area (Å²) in [7, 11) is 0. The van der Waals surface area contributed by atoms with Gasteiger partial charge in [0.2, 0.25) is 0 Å². The molecule has 0 radical (unpaired) electrons. The number of thiocarbonyl (C=S) groups is 1. The van der Waals surface area contributed by atoms with E-state index in [1.807, 2.05) is 6.07 Å². The van der Waals surface area contributed by atoms with Gasteiger partial charge in [0, 0.05) is 0 Å². The van der Waals surface area contributed by atoms with Crippen molar-refractivity contribution in [3.8, 4) is 0 Å². The average Bonchev–Trinajstić information content (AvgIpc) is 2.65. The SMILES string of the molecule is CC(=C1SC(=S)N(CC(F)(F)F)C1=O)c1ccccc1. The third-order valence-electron chi connectivity index (χ3n) is 2.73. The Morgan fingerprint density at radius 1 is 1.30 bits per heavy atom. The lowest BCUT2D eigenvalue weighted by Crippen LogP contribution is -2.37. The largest absolute Gasteiger partial charge is 0.406 e. The van der Waals surface area contributed by atoms with Gasteiger partial charge in [0.1, 0.15) is 10.9 Å². The second-order valence-corrected chi connectivity index (χ2v) is 5.84. The molecule has 0 bridgehead atoms. The Hall–Kier alpha value is -1.34. The summed E-state index contributed by atoms with van der Waals surface area (Å²) in [5.74, 6) is -0.682. The third kappa shape index (κ3) is 3.21. The van der Waals surface area contributed by atoms with E-state index in [4.69, 9.17) is 12.2 Å². The number of amides is 1. The van der Waals surface area contributed by atoms with E-state index in [9.17, 15) is 18.0 Å². The van der Waals surface area contributed by atoms with Gasteiger partial charge in [0.05, 0.1) is 4.91 Å². The molecule has 0 aromatic heterocycles. The van der Waals surface area contributed by atoms with Crippen molar-refractivity contribution in [1.82, 2.24) is 4.90 Å². The van der Waals surface area contributed by atoms with Crippen molar-refractivity contribution in [2.75, 3.05) is 6.54 Å². The minimum atomic E-state index is -4.46. The molecule has 1 saturated heterocycles. The predicted octanol–water partition coefficient (Wildman–Crippen LogP) is 3.84. The van der Waals surface area contributed by atoms with Gasteiger partial charge in [-0.3, -0.25) is 9.69 Å².